The lowest BCUT2D eigenvalue weighted by molar-refractivity contribution is -0.114. The van der Waals surface area contributed by atoms with E-state index in [9.17, 15) is 4.79 Å². The Morgan fingerprint density at radius 3 is 2.56 bits per heavy atom. The summed E-state index contributed by atoms with van der Waals surface area (Å²) in [6.07, 6.45) is 0.997. The van der Waals surface area contributed by atoms with E-state index in [0.717, 1.165) is 17.9 Å². The smallest absolute Gasteiger partial charge is 0.221 e. The third-order valence-electron chi connectivity index (χ3n) is 2.16. The van der Waals surface area contributed by atoms with Crippen LogP contribution in [0.15, 0.2) is 29.2 Å². The fourth-order valence-corrected chi connectivity index (χ4v) is 2.13. The van der Waals surface area contributed by atoms with E-state index in [-0.39, 0.29) is 11.9 Å². The summed E-state index contributed by atoms with van der Waals surface area (Å²) in [6, 6.07) is 8.05. The normalized spacial score (nSPS) is 12.2. The zero-order valence-corrected chi connectivity index (χ0v) is 10.5. The van der Waals surface area contributed by atoms with E-state index in [1.165, 1.54) is 11.8 Å². The van der Waals surface area contributed by atoms with Gasteiger partial charge in [0.2, 0.25) is 5.91 Å². The molecule has 88 valence electrons. The average molecular weight is 238 g/mol. The maximum absolute atomic E-state index is 10.8. The van der Waals surface area contributed by atoms with Crippen molar-refractivity contribution >= 4 is 23.4 Å². The van der Waals surface area contributed by atoms with Gasteiger partial charge in [-0.05, 0) is 30.7 Å². The number of anilines is 1. The van der Waals surface area contributed by atoms with Crippen LogP contribution in [0.4, 0.5) is 5.69 Å². The first-order chi connectivity index (χ1) is 7.61. The van der Waals surface area contributed by atoms with Gasteiger partial charge in [-0.15, -0.1) is 11.8 Å². The van der Waals surface area contributed by atoms with Crippen molar-refractivity contribution in [2.24, 2.45) is 5.73 Å². The molecule has 0 aliphatic carbocycles. The van der Waals surface area contributed by atoms with Gasteiger partial charge in [0, 0.05) is 29.3 Å². The molecule has 1 aromatic carbocycles. The first kappa shape index (κ1) is 13.1. The van der Waals surface area contributed by atoms with Gasteiger partial charge in [-0.1, -0.05) is 6.92 Å². The summed E-state index contributed by atoms with van der Waals surface area (Å²) in [6.45, 7) is 3.59. The Hall–Kier alpha value is -1.00. The molecule has 0 spiro atoms. The number of benzene rings is 1. The second kappa shape index (κ2) is 6.55. The Bertz CT molecular complexity index is 337. The first-order valence-corrected chi connectivity index (χ1v) is 6.36. The Morgan fingerprint density at radius 2 is 2.06 bits per heavy atom. The summed E-state index contributed by atoms with van der Waals surface area (Å²) < 4.78 is 0. The highest BCUT2D eigenvalue weighted by molar-refractivity contribution is 7.99. The standard InChI is InChI=1S/C12H18N2OS/c1-3-10(13)8-16-12-6-4-11(5-7-12)14-9(2)15/h4-7,10H,3,8,13H2,1-2H3,(H,14,15). The minimum absolute atomic E-state index is 0.0478. The molecular weight excluding hydrogens is 220 g/mol. The molecule has 0 radical (unpaired) electrons. The molecule has 0 saturated heterocycles. The van der Waals surface area contributed by atoms with E-state index in [0.29, 0.717) is 0 Å². The van der Waals surface area contributed by atoms with Gasteiger partial charge in [-0.3, -0.25) is 4.79 Å². The molecule has 0 aromatic heterocycles. The summed E-state index contributed by atoms with van der Waals surface area (Å²) in [7, 11) is 0. The number of hydrogen-bond donors (Lipinski definition) is 2. The number of nitrogens with one attached hydrogen (secondary N) is 1. The van der Waals surface area contributed by atoms with Crippen molar-refractivity contribution in [2.75, 3.05) is 11.1 Å². The van der Waals surface area contributed by atoms with E-state index < -0.39 is 0 Å². The zero-order valence-electron chi connectivity index (χ0n) is 9.69. The maximum Gasteiger partial charge on any atom is 0.221 e. The average Bonchev–Trinajstić information content (AvgIpc) is 2.27. The minimum Gasteiger partial charge on any atom is -0.327 e. The molecule has 16 heavy (non-hydrogen) atoms. The molecule has 0 saturated carbocycles. The van der Waals surface area contributed by atoms with E-state index in [1.807, 2.05) is 24.3 Å². The van der Waals surface area contributed by atoms with Crippen LogP contribution in [0.3, 0.4) is 0 Å². The Kier molecular flexibility index (Phi) is 5.35. The molecule has 1 atom stereocenters. The zero-order chi connectivity index (χ0) is 12.0. The monoisotopic (exact) mass is 238 g/mol. The van der Waals surface area contributed by atoms with Crippen molar-refractivity contribution in [2.45, 2.75) is 31.2 Å². The van der Waals surface area contributed by atoms with Crippen LogP contribution in [0.2, 0.25) is 0 Å². The summed E-state index contributed by atoms with van der Waals surface area (Å²) in [5.74, 6) is 0.879. The minimum atomic E-state index is -0.0478. The lowest BCUT2D eigenvalue weighted by Crippen LogP contribution is -2.21. The van der Waals surface area contributed by atoms with Gasteiger partial charge >= 0.3 is 0 Å². The third kappa shape index (κ3) is 4.68. The number of amides is 1. The lowest BCUT2D eigenvalue weighted by atomic mass is 10.3. The number of thioether (sulfide) groups is 1. The molecule has 3 N–H and O–H groups in total. The van der Waals surface area contributed by atoms with Crippen LogP contribution in [0.1, 0.15) is 20.3 Å². The van der Waals surface area contributed by atoms with Crippen LogP contribution < -0.4 is 11.1 Å². The molecular formula is C12H18N2OS. The van der Waals surface area contributed by atoms with Gasteiger partial charge in [-0.2, -0.15) is 0 Å². The van der Waals surface area contributed by atoms with Gasteiger partial charge in [0.05, 0.1) is 0 Å². The van der Waals surface area contributed by atoms with Crippen LogP contribution >= 0.6 is 11.8 Å². The van der Waals surface area contributed by atoms with Gasteiger partial charge in [0.1, 0.15) is 0 Å². The largest absolute Gasteiger partial charge is 0.327 e. The molecule has 0 aliphatic heterocycles. The Morgan fingerprint density at radius 1 is 1.44 bits per heavy atom. The number of rotatable bonds is 5. The first-order valence-electron chi connectivity index (χ1n) is 5.38. The lowest BCUT2D eigenvalue weighted by Gasteiger charge is -2.08. The van der Waals surface area contributed by atoms with Crippen LogP contribution in [-0.2, 0) is 4.79 Å². The molecule has 1 amide bonds. The molecule has 1 rings (SSSR count). The highest BCUT2D eigenvalue weighted by atomic mass is 32.2. The van der Waals surface area contributed by atoms with E-state index >= 15 is 0 Å². The van der Waals surface area contributed by atoms with Crippen molar-refractivity contribution < 1.29 is 4.79 Å². The predicted molar refractivity (Wildman–Crippen MR) is 69.7 cm³/mol. The van der Waals surface area contributed by atoms with Crippen molar-refractivity contribution in [3.8, 4) is 0 Å². The molecule has 4 heteroatoms. The van der Waals surface area contributed by atoms with Crippen molar-refractivity contribution in [1.82, 2.24) is 0 Å². The summed E-state index contributed by atoms with van der Waals surface area (Å²) in [5.41, 5.74) is 6.67. The van der Waals surface area contributed by atoms with Gasteiger partial charge in [0.15, 0.2) is 0 Å². The van der Waals surface area contributed by atoms with E-state index in [2.05, 4.69) is 12.2 Å². The molecule has 0 bridgehead atoms. The Balaban J connectivity index is 2.48. The summed E-state index contributed by atoms with van der Waals surface area (Å²) in [4.78, 5) is 12.0. The van der Waals surface area contributed by atoms with Crippen molar-refractivity contribution in [3.05, 3.63) is 24.3 Å². The van der Waals surface area contributed by atoms with Crippen molar-refractivity contribution in [1.29, 1.82) is 0 Å². The Labute approximate surface area is 101 Å². The highest BCUT2D eigenvalue weighted by Gasteiger charge is 2.01. The number of carbonyl (C=O) groups is 1. The van der Waals surface area contributed by atoms with Crippen LogP contribution in [-0.4, -0.2) is 17.7 Å². The molecule has 0 aliphatic rings. The van der Waals surface area contributed by atoms with Gasteiger partial charge in [-0.25, -0.2) is 0 Å². The fourth-order valence-electron chi connectivity index (χ4n) is 1.16. The molecule has 0 fully saturated rings. The third-order valence-corrected chi connectivity index (χ3v) is 3.36. The van der Waals surface area contributed by atoms with E-state index in [1.54, 1.807) is 11.8 Å². The molecule has 1 unspecified atom stereocenters. The second-order valence-corrected chi connectivity index (χ2v) is 4.78. The van der Waals surface area contributed by atoms with Crippen LogP contribution in [0, 0.1) is 0 Å². The second-order valence-electron chi connectivity index (χ2n) is 3.68. The summed E-state index contributed by atoms with van der Waals surface area (Å²) >= 11 is 1.74. The number of hydrogen-bond acceptors (Lipinski definition) is 3. The van der Waals surface area contributed by atoms with E-state index in [4.69, 9.17) is 5.73 Å². The van der Waals surface area contributed by atoms with Crippen LogP contribution in [0.25, 0.3) is 0 Å². The quantitative estimate of drug-likeness (QED) is 0.775. The van der Waals surface area contributed by atoms with Crippen molar-refractivity contribution in [3.63, 3.8) is 0 Å². The SMILES string of the molecule is CCC(N)CSc1ccc(NC(C)=O)cc1. The number of carbonyl (C=O) groups excluding carboxylic acids is 1. The fraction of sp³-hybridized carbons (Fsp3) is 0.417. The van der Waals surface area contributed by atoms with Crippen LogP contribution in [0.5, 0.6) is 0 Å². The maximum atomic E-state index is 10.8. The predicted octanol–water partition coefficient (Wildman–Crippen LogP) is 2.47. The molecule has 3 nitrogen and oxygen atoms in total. The summed E-state index contributed by atoms with van der Waals surface area (Å²) in [5, 5.41) is 2.74. The molecule has 1 aromatic rings. The number of nitrogens with two attached hydrogens (primary N) is 1. The van der Waals surface area contributed by atoms with Gasteiger partial charge in [0.25, 0.3) is 0 Å². The topological polar surface area (TPSA) is 55.1 Å². The molecule has 0 heterocycles. The van der Waals surface area contributed by atoms with Gasteiger partial charge < -0.3 is 11.1 Å². The highest BCUT2D eigenvalue weighted by Crippen LogP contribution is 2.21.